The van der Waals surface area contributed by atoms with Crippen LogP contribution in [0.4, 0.5) is 0 Å². The summed E-state index contributed by atoms with van der Waals surface area (Å²) >= 11 is 0. The smallest absolute Gasteiger partial charge is 1.00 e. The Morgan fingerprint density at radius 2 is 1.80 bits per heavy atom. The molecule has 0 fully saturated rings. The van der Waals surface area contributed by atoms with Crippen molar-refractivity contribution in [2.24, 2.45) is 0 Å². The summed E-state index contributed by atoms with van der Waals surface area (Å²) in [6.45, 7) is 1.94. The first-order valence-corrected chi connectivity index (χ1v) is 2.38. The van der Waals surface area contributed by atoms with Crippen molar-refractivity contribution in [2.75, 3.05) is 7.11 Å². The summed E-state index contributed by atoms with van der Waals surface area (Å²) in [4.78, 5) is 10.2. The van der Waals surface area contributed by atoms with E-state index in [-0.39, 0.29) is 63.0 Å². The molecule has 0 aliphatic rings. The third kappa shape index (κ3) is 16.1. The van der Waals surface area contributed by atoms with E-state index in [0.717, 1.165) is 6.42 Å². The number of carbonyl (C=O) groups excluding carboxylic acids is 1. The first-order valence-electron chi connectivity index (χ1n) is 2.38. The van der Waals surface area contributed by atoms with Gasteiger partial charge in [-0.1, -0.05) is 6.92 Å². The van der Waals surface area contributed by atoms with Crippen LogP contribution in [0.25, 0.3) is 0 Å². The summed E-state index contributed by atoms with van der Waals surface area (Å²) in [5.74, 6) is -0.123. The normalized spacial score (nSPS) is 5.80. The zero-order valence-electron chi connectivity index (χ0n) is 6.19. The molecule has 0 bridgehead atoms. The summed E-state index contributed by atoms with van der Waals surface area (Å²) in [6.07, 6.45) is 1.41. The van der Waals surface area contributed by atoms with Crippen LogP contribution < -0.4 is 34.0 Å². The maximum Gasteiger partial charge on any atom is 2.00 e. The summed E-state index contributed by atoms with van der Waals surface area (Å²) in [5, 5.41) is 0. The Labute approximate surface area is 98.8 Å². The van der Waals surface area contributed by atoms with E-state index in [1.54, 1.807) is 0 Å². The maximum absolute atomic E-state index is 10.2. The fourth-order valence-electron chi connectivity index (χ4n) is 0.306. The average Bonchev–Trinajstić information content (AvgIpc) is 1.68. The van der Waals surface area contributed by atoms with Crippen molar-refractivity contribution < 1.29 is 43.5 Å². The van der Waals surface area contributed by atoms with Gasteiger partial charge in [-0.05, 0) is 6.42 Å². The summed E-state index contributed by atoms with van der Waals surface area (Å²) < 4.78 is 4.35. The second-order valence-electron chi connectivity index (χ2n) is 1.33. The molecule has 0 atom stereocenters. The summed E-state index contributed by atoms with van der Waals surface area (Å²) in [7, 11) is 1.40. The van der Waals surface area contributed by atoms with E-state index in [9.17, 15) is 4.79 Å². The number of ether oxygens (including phenoxy) is 1. The van der Waals surface area contributed by atoms with Crippen LogP contribution in [0.5, 0.6) is 0 Å². The van der Waals surface area contributed by atoms with Crippen LogP contribution >= 0.6 is 0 Å². The van der Waals surface area contributed by atoms with Crippen LogP contribution in [0.3, 0.4) is 0 Å². The van der Waals surface area contributed by atoms with E-state index in [0.29, 0.717) is 6.42 Å². The van der Waals surface area contributed by atoms with E-state index in [4.69, 9.17) is 0 Å². The Balaban J connectivity index is -0.0000000600. The van der Waals surface area contributed by atoms with Crippen molar-refractivity contribution in [3.05, 3.63) is 0 Å². The van der Waals surface area contributed by atoms with Crippen LogP contribution in [-0.2, 0) is 9.53 Å². The molecule has 0 aromatic carbocycles. The van der Waals surface area contributed by atoms with Gasteiger partial charge in [0.05, 0.1) is 7.11 Å². The van der Waals surface area contributed by atoms with E-state index >= 15 is 0 Å². The van der Waals surface area contributed by atoms with E-state index in [1.807, 2.05) is 6.92 Å². The van der Waals surface area contributed by atoms with Crippen molar-refractivity contribution in [1.29, 1.82) is 0 Å². The minimum Gasteiger partial charge on any atom is -1.00 e. The molecule has 2 nitrogen and oxygen atoms in total. The van der Waals surface area contributed by atoms with Gasteiger partial charge in [0.1, 0.15) is 0 Å². The average molecular weight is 286 g/mol. The first-order chi connectivity index (χ1) is 3.31. The van der Waals surface area contributed by atoms with Gasteiger partial charge < -0.3 is 38.7 Å². The number of hydrogen-bond acceptors (Lipinski definition) is 2. The van der Waals surface area contributed by atoms with Crippen LogP contribution in [0, 0.1) is 0 Å². The molecule has 0 aromatic rings. The number of esters is 1. The Morgan fingerprint density at radius 3 is 1.90 bits per heavy atom. The monoisotopic (exact) mass is 284 g/mol. The van der Waals surface area contributed by atoms with Gasteiger partial charge in [-0.15, -0.1) is 0 Å². The summed E-state index contributed by atoms with van der Waals surface area (Å²) in [6, 6.07) is 0. The molecule has 0 saturated carbocycles. The molecule has 0 aromatic heterocycles. The second-order valence-corrected chi connectivity index (χ2v) is 1.33. The molecule has 0 aliphatic carbocycles. The Morgan fingerprint density at radius 1 is 1.40 bits per heavy atom. The van der Waals surface area contributed by atoms with Gasteiger partial charge in [-0.3, -0.25) is 4.79 Å². The maximum atomic E-state index is 10.2. The molecule has 0 unspecified atom stereocenters. The topological polar surface area (TPSA) is 26.3 Å². The Bertz CT molecular complexity index is 70.7. The SMILES string of the molecule is CCCC(=O)OC.[Br-].[Br-].[Mg+2]. The molecule has 0 N–H and O–H groups in total. The molecule has 0 spiro atoms. The van der Waals surface area contributed by atoms with Crippen LogP contribution in [-0.4, -0.2) is 36.1 Å². The molecule has 58 valence electrons. The van der Waals surface area contributed by atoms with E-state index < -0.39 is 0 Å². The first kappa shape index (κ1) is 22.5. The van der Waals surface area contributed by atoms with Crippen LogP contribution in [0.1, 0.15) is 19.8 Å². The predicted octanol–water partition coefficient (Wildman–Crippen LogP) is -5.41. The van der Waals surface area contributed by atoms with Gasteiger partial charge in [0, 0.05) is 6.42 Å². The molecule has 10 heavy (non-hydrogen) atoms. The second kappa shape index (κ2) is 16.7. The van der Waals surface area contributed by atoms with Crippen molar-refractivity contribution in [1.82, 2.24) is 0 Å². The van der Waals surface area contributed by atoms with Crippen molar-refractivity contribution >= 4 is 29.0 Å². The largest absolute Gasteiger partial charge is 2.00 e. The molecule has 0 amide bonds. The number of rotatable bonds is 2. The molecule has 0 aliphatic heterocycles. The van der Waals surface area contributed by atoms with Crippen molar-refractivity contribution in [3.63, 3.8) is 0 Å². The standard InChI is InChI=1S/C5H10O2.2BrH.Mg/c1-3-4-5(6)7-2;;;/h3-4H2,1-2H3;2*1H;/q;;;+2/p-2. The van der Waals surface area contributed by atoms with Crippen molar-refractivity contribution in [2.45, 2.75) is 19.8 Å². The molecule has 0 heterocycles. The number of methoxy groups -OCH3 is 1. The Hall–Kier alpha value is 1.20. The molecule has 0 saturated heterocycles. The van der Waals surface area contributed by atoms with Crippen LogP contribution in [0.2, 0.25) is 0 Å². The fraction of sp³-hybridized carbons (Fsp3) is 0.800. The van der Waals surface area contributed by atoms with Crippen LogP contribution in [0.15, 0.2) is 0 Å². The van der Waals surface area contributed by atoms with Crippen molar-refractivity contribution in [3.8, 4) is 0 Å². The third-order valence-electron chi connectivity index (χ3n) is 0.682. The summed E-state index contributed by atoms with van der Waals surface area (Å²) in [5.41, 5.74) is 0. The molecular weight excluding hydrogens is 276 g/mol. The zero-order chi connectivity index (χ0) is 5.70. The third-order valence-corrected chi connectivity index (χ3v) is 0.682. The molecular formula is C5H10Br2MgO2. The molecule has 0 rings (SSSR count). The quantitative estimate of drug-likeness (QED) is 0.374. The minimum absolute atomic E-state index is 0. The fourth-order valence-corrected chi connectivity index (χ4v) is 0.306. The van der Waals surface area contributed by atoms with Gasteiger partial charge in [-0.25, -0.2) is 0 Å². The zero-order valence-corrected chi connectivity index (χ0v) is 10.8. The van der Waals surface area contributed by atoms with Gasteiger partial charge in [0.25, 0.3) is 0 Å². The Kier molecular flexibility index (Phi) is 37.4. The van der Waals surface area contributed by atoms with Gasteiger partial charge in [-0.2, -0.15) is 0 Å². The van der Waals surface area contributed by atoms with Gasteiger partial charge in [0.2, 0.25) is 0 Å². The number of hydrogen-bond donors (Lipinski definition) is 0. The number of halogens is 2. The van der Waals surface area contributed by atoms with Gasteiger partial charge in [0.15, 0.2) is 0 Å². The molecule has 0 radical (unpaired) electrons. The minimum atomic E-state index is -0.123. The van der Waals surface area contributed by atoms with E-state index in [1.165, 1.54) is 7.11 Å². The van der Waals surface area contributed by atoms with E-state index in [2.05, 4.69) is 4.74 Å². The number of carbonyl (C=O) groups is 1. The van der Waals surface area contributed by atoms with Gasteiger partial charge >= 0.3 is 29.0 Å². The molecule has 5 heteroatoms. The predicted molar refractivity (Wildman–Crippen MR) is 32.7 cm³/mol.